The highest BCUT2D eigenvalue weighted by molar-refractivity contribution is 5.99. The van der Waals surface area contributed by atoms with Gasteiger partial charge in [0.1, 0.15) is 17.5 Å². The van der Waals surface area contributed by atoms with Gasteiger partial charge in [0.2, 0.25) is 0 Å². The Balaban J connectivity index is 1.68. The molecule has 1 aromatic heterocycles. The first-order valence-corrected chi connectivity index (χ1v) is 11.9. The van der Waals surface area contributed by atoms with E-state index in [4.69, 9.17) is 4.74 Å². The summed E-state index contributed by atoms with van der Waals surface area (Å²) in [5.41, 5.74) is 0.752. The van der Waals surface area contributed by atoms with Crippen molar-refractivity contribution in [2.75, 3.05) is 31.6 Å². The van der Waals surface area contributed by atoms with E-state index in [9.17, 15) is 18.0 Å². The fraction of sp³-hybridized carbons (Fsp3) is 0.296. The Labute approximate surface area is 213 Å². The molecule has 0 saturated carbocycles. The van der Waals surface area contributed by atoms with Crippen molar-refractivity contribution in [3.63, 3.8) is 0 Å². The number of carbonyl (C=O) groups is 1. The van der Waals surface area contributed by atoms with Gasteiger partial charge in [-0.05, 0) is 36.8 Å². The molecule has 3 aromatic rings. The monoisotopic (exact) mass is 511 g/mol. The minimum absolute atomic E-state index is 0.197. The average molecular weight is 512 g/mol. The van der Waals surface area contributed by atoms with Crippen LogP contribution in [-0.4, -0.2) is 47.0 Å². The molecule has 10 heteroatoms. The van der Waals surface area contributed by atoms with Crippen LogP contribution in [-0.2, 0) is 17.5 Å². The van der Waals surface area contributed by atoms with Crippen molar-refractivity contribution in [1.82, 2.24) is 20.2 Å². The molecule has 1 atom stereocenters. The number of hydrogen-bond donors (Lipinski definition) is 2. The van der Waals surface area contributed by atoms with Crippen molar-refractivity contribution in [1.29, 1.82) is 0 Å². The number of nitrogens with one attached hydrogen (secondary N) is 2. The van der Waals surface area contributed by atoms with Gasteiger partial charge < -0.3 is 20.3 Å². The summed E-state index contributed by atoms with van der Waals surface area (Å²) in [5, 5.41) is 6.24. The van der Waals surface area contributed by atoms with Crippen molar-refractivity contribution < 1.29 is 22.7 Å². The largest absolute Gasteiger partial charge is 0.416 e. The Morgan fingerprint density at radius 1 is 1.19 bits per heavy atom. The van der Waals surface area contributed by atoms with E-state index in [-0.39, 0.29) is 17.3 Å². The summed E-state index contributed by atoms with van der Waals surface area (Å²) < 4.78 is 44.8. The standard InChI is InChI=1S/C27H28F3N5O2/c1-2-3-14-35(18-19-7-5-4-6-8-19)26(36)22-16-32-25(23-17-31-13-15-37-23)34-24(22)33-21-11-9-20(10-12-21)27(28,29)30/h2-12,16,23,31H,13-15,17-18H2,1H3,(H,32,33,34)/b3-2+. The molecule has 2 N–H and O–H groups in total. The first-order chi connectivity index (χ1) is 17.8. The van der Waals surface area contributed by atoms with Crippen LogP contribution in [0, 0.1) is 0 Å². The van der Waals surface area contributed by atoms with Gasteiger partial charge in [-0.25, -0.2) is 9.97 Å². The maximum atomic E-state index is 13.7. The minimum atomic E-state index is -4.45. The zero-order valence-electron chi connectivity index (χ0n) is 20.3. The molecule has 0 radical (unpaired) electrons. The maximum Gasteiger partial charge on any atom is 0.416 e. The second kappa shape index (κ2) is 12.0. The normalized spacial score (nSPS) is 16.1. The van der Waals surface area contributed by atoms with E-state index in [0.29, 0.717) is 44.3 Å². The zero-order valence-corrected chi connectivity index (χ0v) is 20.3. The molecule has 2 aromatic carbocycles. The van der Waals surface area contributed by atoms with Crippen molar-refractivity contribution in [3.8, 4) is 0 Å². The molecule has 194 valence electrons. The van der Waals surface area contributed by atoms with Crippen LogP contribution in [0.1, 0.15) is 40.3 Å². The molecule has 1 amide bonds. The molecule has 0 bridgehead atoms. The van der Waals surface area contributed by atoms with Crippen LogP contribution in [0.25, 0.3) is 0 Å². The quantitative estimate of drug-likeness (QED) is 0.409. The highest BCUT2D eigenvalue weighted by atomic mass is 19.4. The number of amides is 1. The first-order valence-electron chi connectivity index (χ1n) is 11.9. The fourth-order valence-electron chi connectivity index (χ4n) is 3.84. The number of allylic oxidation sites excluding steroid dienone is 1. The van der Waals surface area contributed by atoms with E-state index in [1.54, 1.807) is 4.90 Å². The molecule has 4 rings (SSSR count). The first kappa shape index (κ1) is 26.3. The van der Waals surface area contributed by atoms with Crippen molar-refractivity contribution in [2.45, 2.75) is 25.7 Å². The number of rotatable bonds is 8. The van der Waals surface area contributed by atoms with Gasteiger partial charge in [0.15, 0.2) is 5.82 Å². The summed E-state index contributed by atoms with van der Waals surface area (Å²) in [6.45, 7) is 4.31. The van der Waals surface area contributed by atoms with E-state index in [0.717, 1.165) is 17.7 Å². The summed E-state index contributed by atoms with van der Waals surface area (Å²) >= 11 is 0. The predicted octanol–water partition coefficient (Wildman–Crippen LogP) is 5.12. The number of alkyl halides is 3. The SMILES string of the molecule is C/C=C/CN(Cc1ccccc1)C(=O)c1cnc(C2CNCCO2)nc1Nc1ccc(C(F)(F)F)cc1. The number of halogens is 3. The van der Waals surface area contributed by atoms with Crippen molar-refractivity contribution in [3.05, 3.63) is 95.5 Å². The van der Waals surface area contributed by atoms with Crippen LogP contribution in [0.15, 0.2) is 72.9 Å². The summed E-state index contributed by atoms with van der Waals surface area (Å²) in [7, 11) is 0. The molecule has 1 fully saturated rings. The Morgan fingerprint density at radius 2 is 1.95 bits per heavy atom. The average Bonchev–Trinajstić information content (AvgIpc) is 2.91. The van der Waals surface area contributed by atoms with Gasteiger partial charge in [0.25, 0.3) is 5.91 Å². The summed E-state index contributed by atoms with van der Waals surface area (Å²) in [5.74, 6) is 0.259. The lowest BCUT2D eigenvalue weighted by molar-refractivity contribution is -0.137. The molecule has 1 saturated heterocycles. The lowest BCUT2D eigenvalue weighted by Gasteiger charge is -2.25. The van der Waals surface area contributed by atoms with E-state index >= 15 is 0 Å². The lowest BCUT2D eigenvalue weighted by atomic mass is 10.1. The Kier molecular flexibility index (Phi) is 8.52. The number of morpholine rings is 1. The van der Waals surface area contributed by atoms with E-state index < -0.39 is 17.8 Å². The van der Waals surface area contributed by atoms with Gasteiger partial charge in [0, 0.05) is 38.1 Å². The van der Waals surface area contributed by atoms with Gasteiger partial charge in [-0.3, -0.25) is 4.79 Å². The Hall–Kier alpha value is -3.76. The predicted molar refractivity (Wildman–Crippen MR) is 134 cm³/mol. The molecule has 0 spiro atoms. The van der Waals surface area contributed by atoms with Crippen molar-refractivity contribution in [2.24, 2.45) is 0 Å². The molecule has 2 heterocycles. The fourth-order valence-corrected chi connectivity index (χ4v) is 3.84. The summed E-state index contributed by atoms with van der Waals surface area (Å²) in [6, 6.07) is 14.2. The molecular weight excluding hydrogens is 483 g/mol. The maximum absolute atomic E-state index is 13.7. The smallest absolute Gasteiger partial charge is 0.368 e. The van der Waals surface area contributed by atoms with Crippen LogP contribution in [0.4, 0.5) is 24.7 Å². The van der Waals surface area contributed by atoms with Crippen LogP contribution in [0.2, 0.25) is 0 Å². The summed E-state index contributed by atoms with van der Waals surface area (Å²) in [6.07, 6.45) is 0.329. The van der Waals surface area contributed by atoms with Crippen LogP contribution in [0.3, 0.4) is 0 Å². The Morgan fingerprint density at radius 3 is 2.59 bits per heavy atom. The van der Waals surface area contributed by atoms with Gasteiger partial charge in [-0.1, -0.05) is 42.5 Å². The molecule has 1 unspecified atom stereocenters. The number of benzene rings is 2. The molecule has 37 heavy (non-hydrogen) atoms. The highest BCUT2D eigenvalue weighted by Gasteiger charge is 2.30. The minimum Gasteiger partial charge on any atom is -0.368 e. The van der Waals surface area contributed by atoms with Crippen LogP contribution >= 0.6 is 0 Å². The molecule has 1 aliphatic heterocycles. The Bertz CT molecular complexity index is 1210. The van der Waals surface area contributed by atoms with Gasteiger partial charge in [-0.2, -0.15) is 13.2 Å². The molecular formula is C27H28F3N5O2. The number of ether oxygens (including phenoxy) is 1. The third kappa shape index (κ3) is 6.93. The summed E-state index contributed by atoms with van der Waals surface area (Å²) in [4.78, 5) is 24.4. The number of hydrogen-bond acceptors (Lipinski definition) is 6. The topological polar surface area (TPSA) is 79.4 Å². The number of nitrogens with zero attached hydrogens (tertiary/aromatic N) is 3. The van der Waals surface area contributed by atoms with Crippen molar-refractivity contribution >= 4 is 17.4 Å². The van der Waals surface area contributed by atoms with Gasteiger partial charge >= 0.3 is 6.18 Å². The van der Waals surface area contributed by atoms with E-state index in [1.807, 2.05) is 49.4 Å². The third-order valence-electron chi connectivity index (χ3n) is 5.79. The van der Waals surface area contributed by atoms with Gasteiger partial charge in [0.05, 0.1) is 12.2 Å². The lowest BCUT2D eigenvalue weighted by Crippen LogP contribution is -2.35. The number of carbonyl (C=O) groups excluding carboxylic acids is 1. The van der Waals surface area contributed by atoms with E-state index in [2.05, 4.69) is 20.6 Å². The second-order valence-corrected chi connectivity index (χ2v) is 8.49. The zero-order chi connectivity index (χ0) is 26.3. The molecule has 7 nitrogen and oxygen atoms in total. The third-order valence-corrected chi connectivity index (χ3v) is 5.79. The van der Waals surface area contributed by atoms with Gasteiger partial charge in [-0.15, -0.1) is 0 Å². The molecule has 0 aliphatic carbocycles. The number of anilines is 2. The van der Waals surface area contributed by atoms with E-state index in [1.165, 1.54) is 18.3 Å². The second-order valence-electron chi connectivity index (χ2n) is 8.49. The molecule has 1 aliphatic rings. The number of aromatic nitrogens is 2. The van der Waals surface area contributed by atoms with Crippen LogP contribution in [0.5, 0.6) is 0 Å². The van der Waals surface area contributed by atoms with Crippen LogP contribution < -0.4 is 10.6 Å². The highest BCUT2D eigenvalue weighted by Crippen LogP contribution is 2.31.